The number of anilines is 4. The molecule has 0 radical (unpaired) electrons. The molecule has 0 saturated heterocycles. The highest BCUT2D eigenvalue weighted by Crippen LogP contribution is 2.36. The van der Waals surface area contributed by atoms with Crippen molar-refractivity contribution < 1.29 is 0 Å². The third-order valence-corrected chi connectivity index (χ3v) is 9.57. The Morgan fingerprint density at radius 1 is 0.440 bits per heavy atom. The normalized spacial score (nSPS) is 13.8. The number of fused-ring (bicyclic) bond motifs is 1. The van der Waals surface area contributed by atoms with Crippen LogP contribution in [0.25, 0.3) is 29.4 Å². The predicted molar refractivity (Wildman–Crippen MR) is 214 cm³/mol. The molecule has 6 aromatic rings. The van der Waals surface area contributed by atoms with Gasteiger partial charge in [0.15, 0.2) is 0 Å². The molecule has 0 bridgehead atoms. The summed E-state index contributed by atoms with van der Waals surface area (Å²) in [6.07, 6.45) is 17.8. The van der Waals surface area contributed by atoms with E-state index in [1.165, 1.54) is 61.8 Å². The molecule has 242 valence electrons. The highest BCUT2D eigenvalue weighted by Gasteiger charge is 2.19. The largest absolute Gasteiger partial charge is 0.314 e. The summed E-state index contributed by atoms with van der Waals surface area (Å²) in [6, 6.07) is 56.7. The molecular formula is C48H40N2. The second-order valence-corrected chi connectivity index (χ2v) is 12.9. The number of nitrogens with zero attached hydrogens (tertiary/aromatic N) is 2. The van der Waals surface area contributed by atoms with Crippen molar-refractivity contribution in [3.05, 3.63) is 210 Å². The van der Waals surface area contributed by atoms with Crippen molar-refractivity contribution in [3.63, 3.8) is 0 Å². The van der Waals surface area contributed by atoms with Gasteiger partial charge in [-0.05, 0) is 120 Å². The van der Waals surface area contributed by atoms with Crippen LogP contribution in [-0.2, 0) is 6.42 Å². The molecule has 2 heteroatoms. The van der Waals surface area contributed by atoms with Gasteiger partial charge in [-0.2, -0.15) is 0 Å². The van der Waals surface area contributed by atoms with Crippen molar-refractivity contribution in [2.45, 2.75) is 25.7 Å². The fraction of sp³-hybridized carbons (Fsp3) is 0.0833. The third-order valence-electron chi connectivity index (χ3n) is 9.57. The van der Waals surface area contributed by atoms with Crippen molar-refractivity contribution in [3.8, 4) is 11.1 Å². The first-order valence-corrected chi connectivity index (χ1v) is 17.6. The molecule has 50 heavy (non-hydrogen) atoms. The van der Waals surface area contributed by atoms with E-state index < -0.39 is 0 Å². The average molecular weight is 645 g/mol. The molecule has 0 fully saturated rings. The highest BCUT2D eigenvalue weighted by atomic mass is 15.2. The van der Waals surface area contributed by atoms with E-state index in [1.807, 2.05) is 0 Å². The van der Waals surface area contributed by atoms with Crippen molar-refractivity contribution in [1.82, 2.24) is 0 Å². The van der Waals surface area contributed by atoms with Crippen LogP contribution in [0.3, 0.4) is 0 Å². The van der Waals surface area contributed by atoms with Crippen LogP contribution in [0, 0.1) is 0 Å². The second kappa shape index (κ2) is 14.6. The number of hydrogen-bond donors (Lipinski definition) is 0. The summed E-state index contributed by atoms with van der Waals surface area (Å²) in [4.78, 5) is 4.74. The van der Waals surface area contributed by atoms with Crippen molar-refractivity contribution in [1.29, 1.82) is 0 Å². The molecular weight excluding hydrogens is 605 g/mol. The molecule has 2 nitrogen and oxygen atoms in total. The first kappa shape index (κ1) is 31.2. The molecule has 0 N–H and O–H groups in total. The Kier molecular flexibility index (Phi) is 9.07. The standard InChI is InChI=1S/C48H40N2/c1-4-14-43(15-5-1)49(44-16-6-2-7-17-44)47-33-28-41(29-34-47)40-26-22-37(23-27-40)20-21-38-24-31-46(32-25-38)50(45-18-8-3-9-19-45)48-35-30-39-12-10-11-13-42(39)36-48/h1,3-6,8-29,31-34,36H,2,7,30,35H2/b21-20+. The lowest BCUT2D eigenvalue weighted by Crippen LogP contribution is -2.19. The van der Waals surface area contributed by atoms with Gasteiger partial charge in [0.1, 0.15) is 0 Å². The summed E-state index contributed by atoms with van der Waals surface area (Å²) >= 11 is 0. The van der Waals surface area contributed by atoms with Gasteiger partial charge in [-0.1, -0.05) is 133 Å². The zero-order chi connectivity index (χ0) is 33.5. The molecule has 0 amide bonds. The monoisotopic (exact) mass is 644 g/mol. The van der Waals surface area contributed by atoms with Gasteiger partial charge < -0.3 is 9.80 Å². The lowest BCUT2D eigenvalue weighted by molar-refractivity contribution is 0.894. The van der Waals surface area contributed by atoms with Gasteiger partial charge in [-0.15, -0.1) is 0 Å². The van der Waals surface area contributed by atoms with E-state index in [0.29, 0.717) is 0 Å². The highest BCUT2D eigenvalue weighted by molar-refractivity contribution is 5.78. The van der Waals surface area contributed by atoms with Crippen molar-refractivity contribution in [2.24, 2.45) is 0 Å². The van der Waals surface area contributed by atoms with E-state index in [-0.39, 0.29) is 0 Å². The summed E-state index contributed by atoms with van der Waals surface area (Å²) < 4.78 is 0. The van der Waals surface area contributed by atoms with Gasteiger partial charge in [0, 0.05) is 34.1 Å². The lowest BCUT2D eigenvalue weighted by Gasteiger charge is -2.30. The van der Waals surface area contributed by atoms with Gasteiger partial charge in [-0.25, -0.2) is 0 Å². The third kappa shape index (κ3) is 6.88. The number of allylic oxidation sites excluding steroid dienone is 4. The van der Waals surface area contributed by atoms with Gasteiger partial charge in [0.05, 0.1) is 0 Å². The lowest BCUT2D eigenvalue weighted by atomic mass is 9.94. The Morgan fingerprint density at radius 3 is 1.60 bits per heavy atom. The summed E-state index contributed by atoms with van der Waals surface area (Å²) in [5.74, 6) is 0. The molecule has 0 heterocycles. The minimum atomic E-state index is 1.01. The van der Waals surface area contributed by atoms with Crippen molar-refractivity contribution in [2.75, 3.05) is 9.80 Å². The molecule has 0 aliphatic heterocycles. The molecule has 6 aromatic carbocycles. The Morgan fingerprint density at radius 2 is 0.960 bits per heavy atom. The molecule has 0 atom stereocenters. The Labute approximate surface area is 296 Å². The minimum Gasteiger partial charge on any atom is -0.314 e. The maximum atomic E-state index is 2.40. The predicted octanol–water partition coefficient (Wildman–Crippen LogP) is 13.0. The number of hydrogen-bond acceptors (Lipinski definition) is 2. The Balaban J connectivity index is 0.979. The minimum absolute atomic E-state index is 1.01. The van der Waals surface area contributed by atoms with E-state index in [1.54, 1.807) is 0 Å². The molecule has 8 rings (SSSR count). The SMILES string of the molecule is C1=CC(N(c2ccccc2)c2ccc(-c3ccc(/C=C/c4ccc(N(C5=Cc6ccccc6CC5)c5ccccc5)cc4)cc3)cc2)=CCC1. The molecule has 0 aromatic heterocycles. The van der Waals surface area contributed by atoms with Crippen LogP contribution >= 0.6 is 0 Å². The number of rotatable bonds is 9. The first-order valence-electron chi connectivity index (χ1n) is 17.6. The number of benzene rings is 6. The van der Waals surface area contributed by atoms with Gasteiger partial charge in [-0.3, -0.25) is 0 Å². The van der Waals surface area contributed by atoms with Crippen LogP contribution in [-0.4, -0.2) is 0 Å². The van der Waals surface area contributed by atoms with Crippen LogP contribution in [0.5, 0.6) is 0 Å². The number of aryl methyl sites for hydroxylation is 1. The average Bonchev–Trinajstić information content (AvgIpc) is 3.19. The summed E-state index contributed by atoms with van der Waals surface area (Å²) in [7, 11) is 0. The summed E-state index contributed by atoms with van der Waals surface area (Å²) in [5, 5.41) is 0. The first-order chi connectivity index (χ1) is 24.8. The molecule has 0 spiro atoms. The van der Waals surface area contributed by atoms with Crippen LogP contribution in [0.1, 0.15) is 41.5 Å². The molecule has 0 unspecified atom stereocenters. The van der Waals surface area contributed by atoms with Crippen LogP contribution < -0.4 is 9.80 Å². The Hall–Kier alpha value is -6.12. The van der Waals surface area contributed by atoms with E-state index in [0.717, 1.165) is 31.4 Å². The van der Waals surface area contributed by atoms with Gasteiger partial charge in [0.2, 0.25) is 0 Å². The maximum absolute atomic E-state index is 2.40. The maximum Gasteiger partial charge on any atom is 0.0461 e. The summed E-state index contributed by atoms with van der Waals surface area (Å²) in [5.41, 5.74) is 14.7. The fourth-order valence-corrected chi connectivity index (χ4v) is 6.96. The van der Waals surface area contributed by atoms with Gasteiger partial charge in [0.25, 0.3) is 0 Å². The number of para-hydroxylation sites is 2. The van der Waals surface area contributed by atoms with Crippen molar-refractivity contribution >= 4 is 41.0 Å². The van der Waals surface area contributed by atoms with Crippen LogP contribution in [0.15, 0.2) is 187 Å². The van der Waals surface area contributed by atoms with E-state index in [2.05, 4.69) is 204 Å². The fourth-order valence-electron chi connectivity index (χ4n) is 6.96. The molecule has 2 aliphatic carbocycles. The zero-order valence-electron chi connectivity index (χ0n) is 28.2. The van der Waals surface area contributed by atoms with E-state index in [9.17, 15) is 0 Å². The molecule has 2 aliphatic rings. The second-order valence-electron chi connectivity index (χ2n) is 12.9. The van der Waals surface area contributed by atoms with E-state index >= 15 is 0 Å². The van der Waals surface area contributed by atoms with Crippen LogP contribution in [0.2, 0.25) is 0 Å². The summed E-state index contributed by atoms with van der Waals surface area (Å²) in [6.45, 7) is 0. The van der Waals surface area contributed by atoms with Crippen LogP contribution in [0.4, 0.5) is 22.7 Å². The molecule has 0 saturated carbocycles. The topological polar surface area (TPSA) is 6.48 Å². The zero-order valence-corrected chi connectivity index (χ0v) is 28.2. The van der Waals surface area contributed by atoms with Gasteiger partial charge >= 0.3 is 0 Å². The van der Waals surface area contributed by atoms with E-state index in [4.69, 9.17) is 0 Å². The Bertz CT molecular complexity index is 2170. The quantitative estimate of drug-likeness (QED) is 0.145. The smallest absolute Gasteiger partial charge is 0.0461 e.